The van der Waals surface area contributed by atoms with E-state index in [-0.39, 0.29) is 17.8 Å². The van der Waals surface area contributed by atoms with Crippen molar-refractivity contribution in [3.63, 3.8) is 0 Å². The zero-order chi connectivity index (χ0) is 19.9. The topological polar surface area (TPSA) is 67.7 Å². The van der Waals surface area contributed by atoms with E-state index < -0.39 is 0 Å². The molecule has 1 fully saturated rings. The molecule has 0 radical (unpaired) electrons. The van der Waals surface area contributed by atoms with Gasteiger partial charge in [0.2, 0.25) is 5.91 Å². The predicted molar refractivity (Wildman–Crippen MR) is 106 cm³/mol. The van der Waals surface area contributed by atoms with Crippen LogP contribution in [0.15, 0.2) is 42.7 Å². The molecule has 0 spiro atoms. The van der Waals surface area contributed by atoms with Gasteiger partial charge in [-0.2, -0.15) is 5.10 Å². The van der Waals surface area contributed by atoms with E-state index in [1.54, 1.807) is 11.1 Å². The van der Waals surface area contributed by atoms with Crippen LogP contribution in [0.2, 0.25) is 0 Å². The molecule has 7 nitrogen and oxygen atoms in total. The second kappa shape index (κ2) is 9.50. The first kappa shape index (κ1) is 20.1. The fourth-order valence-corrected chi connectivity index (χ4v) is 3.42. The molecule has 0 bridgehead atoms. The first-order valence-electron chi connectivity index (χ1n) is 9.78. The van der Waals surface area contributed by atoms with E-state index in [0.29, 0.717) is 19.7 Å². The molecule has 1 aliphatic rings. The molecule has 7 heteroatoms. The van der Waals surface area contributed by atoms with Gasteiger partial charge < -0.3 is 9.64 Å². The summed E-state index contributed by atoms with van der Waals surface area (Å²) in [5, 5.41) is 4.38. The van der Waals surface area contributed by atoms with Gasteiger partial charge >= 0.3 is 5.97 Å². The van der Waals surface area contributed by atoms with E-state index in [1.807, 2.05) is 55.2 Å². The number of ether oxygens (including phenoxy) is 1. The molecule has 1 aromatic carbocycles. The summed E-state index contributed by atoms with van der Waals surface area (Å²) in [5.74, 6) is -0.0732. The highest BCUT2D eigenvalue weighted by atomic mass is 16.5. The number of carbonyl (C=O) groups excluding carboxylic acids is 2. The standard InChI is InChI=1S/C21H28N4O3/c1-3-28-21(27)18-9-11-24(12-10-18)16-20(26)23(2)14-17-13-22-25(15-17)19-7-5-4-6-8-19/h4-8,13,15,18H,3,9-12,14,16H2,1-2H3. The van der Waals surface area contributed by atoms with Crippen LogP contribution in [-0.4, -0.2) is 64.7 Å². The molecule has 0 unspecified atom stereocenters. The molecule has 0 aliphatic carbocycles. The molecule has 2 aromatic rings. The quantitative estimate of drug-likeness (QED) is 0.684. The Labute approximate surface area is 165 Å². The molecule has 3 rings (SSSR count). The second-order valence-corrected chi connectivity index (χ2v) is 7.18. The molecule has 28 heavy (non-hydrogen) atoms. The summed E-state index contributed by atoms with van der Waals surface area (Å²) in [4.78, 5) is 28.2. The van der Waals surface area contributed by atoms with Gasteiger partial charge in [0.15, 0.2) is 0 Å². The maximum atomic E-state index is 12.6. The van der Waals surface area contributed by atoms with Crippen molar-refractivity contribution < 1.29 is 14.3 Å². The largest absolute Gasteiger partial charge is 0.466 e. The smallest absolute Gasteiger partial charge is 0.309 e. The van der Waals surface area contributed by atoms with Crippen LogP contribution in [-0.2, 0) is 20.9 Å². The van der Waals surface area contributed by atoms with E-state index in [0.717, 1.165) is 37.2 Å². The normalized spacial score (nSPS) is 15.4. The average Bonchev–Trinajstić information content (AvgIpc) is 3.18. The number of piperidine rings is 1. The number of likely N-dealkylation sites (tertiary alicyclic amines) is 1. The Kier molecular flexibility index (Phi) is 6.81. The van der Waals surface area contributed by atoms with Gasteiger partial charge in [-0.15, -0.1) is 0 Å². The number of para-hydroxylation sites is 1. The fourth-order valence-electron chi connectivity index (χ4n) is 3.42. The van der Waals surface area contributed by atoms with Gasteiger partial charge in [0.25, 0.3) is 0 Å². The lowest BCUT2D eigenvalue weighted by Gasteiger charge is -2.31. The van der Waals surface area contributed by atoms with Crippen LogP contribution in [0.1, 0.15) is 25.3 Å². The molecule has 1 aromatic heterocycles. The number of hydrogen-bond donors (Lipinski definition) is 0. The Morgan fingerprint density at radius 3 is 2.61 bits per heavy atom. The number of esters is 1. The molecule has 2 heterocycles. The average molecular weight is 384 g/mol. The van der Waals surface area contributed by atoms with Gasteiger partial charge in [0.1, 0.15) is 0 Å². The molecule has 150 valence electrons. The lowest BCUT2D eigenvalue weighted by Crippen LogP contribution is -2.43. The lowest BCUT2D eigenvalue weighted by atomic mass is 9.97. The van der Waals surface area contributed by atoms with Crippen LogP contribution in [0.5, 0.6) is 0 Å². The highest BCUT2D eigenvalue weighted by molar-refractivity contribution is 5.78. The first-order chi connectivity index (χ1) is 13.6. The van der Waals surface area contributed by atoms with Crippen molar-refractivity contribution in [2.75, 3.05) is 33.3 Å². The summed E-state index contributed by atoms with van der Waals surface area (Å²) in [7, 11) is 1.81. The molecule has 1 aliphatic heterocycles. The molecule has 0 saturated carbocycles. The minimum absolute atomic E-state index is 0.0344. The Hall–Kier alpha value is -2.67. The second-order valence-electron chi connectivity index (χ2n) is 7.18. The van der Waals surface area contributed by atoms with E-state index in [2.05, 4.69) is 10.00 Å². The summed E-state index contributed by atoms with van der Waals surface area (Å²) in [5.41, 5.74) is 1.98. The van der Waals surface area contributed by atoms with Gasteiger partial charge in [-0.1, -0.05) is 18.2 Å². The molecule has 0 atom stereocenters. The van der Waals surface area contributed by atoms with Crippen LogP contribution in [0.3, 0.4) is 0 Å². The zero-order valence-electron chi connectivity index (χ0n) is 16.6. The number of nitrogens with zero attached hydrogens (tertiary/aromatic N) is 4. The monoisotopic (exact) mass is 384 g/mol. The Bertz CT molecular complexity index is 782. The Balaban J connectivity index is 1.47. The summed E-state index contributed by atoms with van der Waals surface area (Å²) in [6, 6.07) is 9.89. The molecular weight excluding hydrogens is 356 g/mol. The maximum absolute atomic E-state index is 12.6. The summed E-state index contributed by atoms with van der Waals surface area (Å²) >= 11 is 0. The maximum Gasteiger partial charge on any atom is 0.309 e. The third-order valence-corrected chi connectivity index (χ3v) is 5.07. The number of benzene rings is 1. The Morgan fingerprint density at radius 2 is 1.93 bits per heavy atom. The van der Waals surface area contributed by atoms with Crippen molar-refractivity contribution in [2.45, 2.75) is 26.3 Å². The minimum atomic E-state index is -0.110. The van der Waals surface area contributed by atoms with E-state index in [4.69, 9.17) is 4.74 Å². The highest BCUT2D eigenvalue weighted by Crippen LogP contribution is 2.18. The van der Waals surface area contributed by atoms with Crippen molar-refractivity contribution in [3.05, 3.63) is 48.3 Å². The van der Waals surface area contributed by atoms with Crippen molar-refractivity contribution in [1.29, 1.82) is 0 Å². The van der Waals surface area contributed by atoms with Crippen molar-refractivity contribution in [2.24, 2.45) is 5.92 Å². The summed E-state index contributed by atoms with van der Waals surface area (Å²) < 4.78 is 6.91. The fraction of sp³-hybridized carbons (Fsp3) is 0.476. The number of rotatable bonds is 7. The van der Waals surface area contributed by atoms with Crippen LogP contribution in [0.4, 0.5) is 0 Å². The number of aromatic nitrogens is 2. The van der Waals surface area contributed by atoms with Crippen LogP contribution >= 0.6 is 0 Å². The molecule has 0 N–H and O–H groups in total. The SMILES string of the molecule is CCOC(=O)C1CCN(CC(=O)N(C)Cc2cnn(-c3ccccc3)c2)CC1. The third-order valence-electron chi connectivity index (χ3n) is 5.07. The number of likely N-dealkylation sites (N-methyl/N-ethyl adjacent to an activating group) is 1. The van der Waals surface area contributed by atoms with Crippen LogP contribution in [0, 0.1) is 5.92 Å². The van der Waals surface area contributed by atoms with Crippen molar-refractivity contribution in [3.8, 4) is 5.69 Å². The van der Waals surface area contributed by atoms with Gasteiger partial charge in [-0.05, 0) is 45.0 Å². The van der Waals surface area contributed by atoms with E-state index in [9.17, 15) is 9.59 Å². The van der Waals surface area contributed by atoms with Gasteiger partial charge in [0.05, 0.1) is 31.0 Å². The van der Waals surface area contributed by atoms with Crippen LogP contribution < -0.4 is 0 Å². The van der Waals surface area contributed by atoms with Gasteiger partial charge in [0, 0.05) is 25.4 Å². The summed E-state index contributed by atoms with van der Waals surface area (Å²) in [6.07, 6.45) is 5.24. The molecule has 1 saturated heterocycles. The van der Waals surface area contributed by atoms with Gasteiger partial charge in [-0.3, -0.25) is 14.5 Å². The highest BCUT2D eigenvalue weighted by Gasteiger charge is 2.27. The number of carbonyl (C=O) groups is 2. The van der Waals surface area contributed by atoms with E-state index in [1.165, 1.54) is 0 Å². The molecular formula is C21H28N4O3. The van der Waals surface area contributed by atoms with Gasteiger partial charge in [-0.25, -0.2) is 4.68 Å². The zero-order valence-corrected chi connectivity index (χ0v) is 16.6. The number of hydrogen-bond acceptors (Lipinski definition) is 5. The number of amides is 1. The van der Waals surface area contributed by atoms with Crippen molar-refractivity contribution >= 4 is 11.9 Å². The minimum Gasteiger partial charge on any atom is -0.466 e. The Morgan fingerprint density at radius 1 is 1.21 bits per heavy atom. The van der Waals surface area contributed by atoms with Crippen LogP contribution in [0.25, 0.3) is 5.69 Å². The van der Waals surface area contributed by atoms with E-state index >= 15 is 0 Å². The first-order valence-corrected chi connectivity index (χ1v) is 9.78. The predicted octanol–water partition coefficient (Wildman–Crippen LogP) is 2.11. The lowest BCUT2D eigenvalue weighted by molar-refractivity contribution is -0.149. The summed E-state index contributed by atoms with van der Waals surface area (Å²) in [6.45, 7) is 4.63. The van der Waals surface area contributed by atoms with Crippen molar-refractivity contribution in [1.82, 2.24) is 19.6 Å². The third kappa shape index (κ3) is 5.19. The molecule has 1 amide bonds.